The molecule has 3 aromatic heterocycles. The Hall–Kier alpha value is -9.13. The zero-order valence-corrected chi connectivity index (χ0v) is 36.3. The Morgan fingerprint density at radius 3 is 0.970 bits per heavy atom. The third-order valence-electron chi connectivity index (χ3n) is 12.3. The first-order chi connectivity index (χ1) is 33.2. The zero-order chi connectivity index (χ0) is 44.5. The molecule has 0 aliphatic heterocycles. The quantitative estimate of drug-likeness (QED) is 0.145. The van der Waals surface area contributed by atoms with E-state index in [2.05, 4.69) is 150 Å². The van der Waals surface area contributed by atoms with E-state index in [1.807, 2.05) is 97.1 Å². The minimum absolute atomic E-state index is 0.580. The van der Waals surface area contributed by atoms with E-state index in [4.69, 9.17) is 24.9 Å². The molecule has 0 bridgehead atoms. The molecule has 12 aromatic rings. The van der Waals surface area contributed by atoms with Crippen LogP contribution >= 0.6 is 0 Å². The number of hydrogen-bond acceptors (Lipinski definition) is 5. The van der Waals surface area contributed by atoms with Crippen LogP contribution in [-0.2, 0) is 0 Å². The van der Waals surface area contributed by atoms with Crippen molar-refractivity contribution in [3.05, 3.63) is 243 Å². The summed E-state index contributed by atoms with van der Waals surface area (Å²) in [7, 11) is 0. The fraction of sp³-hybridized carbons (Fsp3) is 0. The molecule has 0 unspecified atom stereocenters. The Morgan fingerprint density at radius 2 is 0.552 bits per heavy atom. The van der Waals surface area contributed by atoms with E-state index >= 15 is 0 Å². The van der Waals surface area contributed by atoms with E-state index in [1.165, 1.54) is 0 Å². The lowest BCUT2D eigenvalue weighted by Gasteiger charge is -2.13. The summed E-state index contributed by atoms with van der Waals surface area (Å²) in [6, 6.07) is 84.2. The molecule has 12 rings (SSSR count). The van der Waals surface area contributed by atoms with Crippen LogP contribution in [0.15, 0.2) is 243 Å². The summed E-state index contributed by atoms with van der Waals surface area (Å²) in [4.78, 5) is 25.9. The number of benzene rings is 9. The third kappa shape index (κ3) is 7.73. The fourth-order valence-corrected chi connectivity index (χ4v) is 8.93. The molecule has 0 saturated carbocycles. The first kappa shape index (κ1) is 39.5. The van der Waals surface area contributed by atoms with Gasteiger partial charge in [-0.25, -0.2) is 24.9 Å². The van der Waals surface area contributed by atoms with Crippen LogP contribution in [0.3, 0.4) is 0 Å². The van der Waals surface area contributed by atoms with Gasteiger partial charge in [0.1, 0.15) is 0 Å². The van der Waals surface area contributed by atoms with Crippen LogP contribution in [0.25, 0.3) is 118 Å². The van der Waals surface area contributed by atoms with Crippen molar-refractivity contribution < 1.29 is 0 Å². The van der Waals surface area contributed by atoms with Gasteiger partial charge in [0.2, 0.25) is 5.95 Å². The van der Waals surface area contributed by atoms with Crippen LogP contribution in [0, 0.1) is 0 Å². The third-order valence-corrected chi connectivity index (χ3v) is 12.3. The van der Waals surface area contributed by atoms with Gasteiger partial charge in [-0.15, -0.1) is 0 Å². The van der Waals surface area contributed by atoms with Gasteiger partial charge in [-0.1, -0.05) is 188 Å². The van der Waals surface area contributed by atoms with Crippen LogP contribution in [0.5, 0.6) is 0 Å². The van der Waals surface area contributed by atoms with Gasteiger partial charge in [0.05, 0.1) is 22.4 Å². The minimum Gasteiger partial charge on any atom is -0.278 e. The minimum atomic E-state index is 0.580. The maximum atomic E-state index is 5.33. The summed E-state index contributed by atoms with van der Waals surface area (Å²) in [6.07, 6.45) is 0. The Bertz CT molecular complexity index is 3350. The molecule has 0 amide bonds. The van der Waals surface area contributed by atoms with E-state index in [1.54, 1.807) is 0 Å². The Labute approximate surface area is 388 Å². The highest BCUT2D eigenvalue weighted by atomic mass is 15.2. The molecule has 3 heterocycles. The molecule has 0 fully saturated rings. The highest BCUT2D eigenvalue weighted by Crippen LogP contribution is 2.40. The topological polar surface area (TPSA) is 69.4 Å². The molecule has 0 aliphatic rings. The average molecular weight is 857 g/mol. The van der Waals surface area contributed by atoms with Gasteiger partial charge >= 0.3 is 0 Å². The van der Waals surface area contributed by atoms with E-state index in [-0.39, 0.29) is 0 Å². The summed E-state index contributed by atoms with van der Waals surface area (Å²) in [5.41, 5.74) is 15.2. The van der Waals surface area contributed by atoms with Gasteiger partial charge in [-0.3, -0.25) is 4.57 Å². The second-order valence-electron chi connectivity index (χ2n) is 16.5. The van der Waals surface area contributed by atoms with Gasteiger partial charge in [-0.05, 0) is 88.0 Å². The maximum Gasteiger partial charge on any atom is 0.235 e. The molecule has 0 N–H and O–H groups in total. The molecular weight excluding hydrogens is 817 g/mol. The van der Waals surface area contributed by atoms with Crippen LogP contribution in [0.4, 0.5) is 0 Å². The SMILES string of the molecule is c1ccc(-c2cc(-c3ccccc3)cc(-c3ccc4c(c3)c3cc(-c5nc(-c6ccccc6)nc(-c6ccccc6)n5)ccc3n4-c3nc(-c4ccccc4)cc(-c4ccccc4)n3)c2)cc1. The van der Waals surface area contributed by atoms with Crippen LogP contribution in [0.1, 0.15) is 0 Å². The van der Waals surface area contributed by atoms with Crippen LogP contribution in [-0.4, -0.2) is 29.5 Å². The highest BCUT2D eigenvalue weighted by Gasteiger charge is 2.21. The summed E-state index contributed by atoms with van der Waals surface area (Å²) in [6.45, 7) is 0. The van der Waals surface area contributed by atoms with Gasteiger partial charge in [-0.2, -0.15) is 0 Å². The normalized spacial score (nSPS) is 11.3. The number of aromatic nitrogens is 6. The number of rotatable bonds is 9. The lowest BCUT2D eigenvalue weighted by Crippen LogP contribution is -2.04. The van der Waals surface area contributed by atoms with E-state index < -0.39 is 0 Å². The number of nitrogens with zero attached hydrogens (tertiary/aromatic N) is 6. The monoisotopic (exact) mass is 856 g/mol. The largest absolute Gasteiger partial charge is 0.278 e. The predicted molar refractivity (Wildman–Crippen MR) is 273 cm³/mol. The Balaban J connectivity index is 1.11. The molecule has 314 valence electrons. The number of fused-ring (bicyclic) bond motifs is 3. The second kappa shape index (κ2) is 17.1. The van der Waals surface area contributed by atoms with Crippen molar-refractivity contribution >= 4 is 21.8 Å². The average Bonchev–Trinajstić information content (AvgIpc) is 3.75. The van der Waals surface area contributed by atoms with E-state index in [0.29, 0.717) is 23.4 Å². The summed E-state index contributed by atoms with van der Waals surface area (Å²) >= 11 is 0. The lowest BCUT2D eigenvalue weighted by atomic mass is 9.93. The fourth-order valence-electron chi connectivity index (χ4n) is 8.93. The van der Waals surface area contributed by atoms with Crippen molar-refractivity contribution in [2.45, 2.75) is 0 Å². The first-order valence-electron chi connectivity index (χ1n) is 22.4. The van der Waals surface area contributed by atoms with Gasteiger partial charge < -0.3 is 0 Å². The smallest absolute Gasteiger partial charge is 0.235 e. The molecular formula is C61H40N6. The Morgan fingerprint density at radius 1 is 0.224 bits per heavy atom. The van der Waals surface area contributed by atoms with Gasteiger partial charge in [0, 0.05) is 38.6 Å². The zero-order valence-electron chi connectivity index (χ0n) is 36.3. The van der Waals surface area contributed by atoms with Crippen molar-refractivity contribution in [2.75, 3.05) is 0 Å². The molecule has 6 heteroatoms. The molecule has 67 heavy (non-hydrogen) atoms. The maximum absolute atomic E-state index is 5.33. The van der Waals surface area contributed by atoms with Crippen LogP contribution in [0.2, 0.25) is 0 Å². The molecule has 0 aliphatic carbocycles. The molecule has 6 nitrogen and oxygen atoms in total. The summed E-state index contributed by atoms with van der Waals surface area (Å²) < 4.78 is 2.20. The van der Waals surface area contributed by atoms with Gasteiger partial charge in [0.25, 0.3) is 0 Å². The van der Waals surface area contributed by atoms with Crippen molar-refractivity contribution in [2.24, 2.45) is 0 Å². The highest BCUT2D eigenvalue weighted by molar-refractivity contribution is 6.11. The van der Waals surface area contributed by atoms with Crippen LogP contribution < -0.4 is 0 Å². The second-order valence-corrected chi connectivity index (χ2v) is 16.5. The number of hydrogen-bond donors (Lipinski definition) is 0. The predicted octanol–water partition coefficient (Wildman–Crippen LogP) is 15.1. The molecule has 9 aromatic carbocycles. The van der Waals surface area contributed by atoms with Crippen molar-refractivity contribution in [3.63, 3.8) is 0 Å². The standard InChI is InChI=1S/C61H40N6/c1-7-19-41(20-8-1)49-35-50(42-21-9-2-10-22-42)37-51(36-49)47-31-33-56-52(38-47)53-39-48(60-65-58(45-27-15-5-16-28-45)64-59(66-60)46-29-17-6-18-30-46)32-34-57(53)67(56)61-62-54(43-23-11-3-12-24-43)40-55(63-61)44-25-13-4-14-26-44/h1-40H. The van der Waals surface area contributed by atoms with E-state index in [0.717, 1.165) is 94.4 Å². The molecule has 0 saturated heterocycles. The first-order valence-corrected chi connectivity index (χ1v) is 22.4. The van der Waals surface area contributed by atoms with Crippen molar-refractivity contribution in [1.29, 1.82) is 0 Å². The lowest BCUT2D eigenvalue weighted by molar-refractivity contribution is 0.995. The molecule has 0 radical (unpaired) electrons. The van der Waals surface area contributed by atoms with Crippen molar-refractivity contribution in [1.82, 2.24) is 29.5 Å². The Kier molecular flexibility index (Phi) is 10.1. The van der Waals surface area contributed by atoms with E-state index in [9.17, 15) is 0 Å². The van der Waals surface area contributed by atoms with Gasteiger partial charge in [0.15, 0.2) is 17.5 Å². The summed E-state index contributed by atoms with van der Waals surface area (Å²) in [5, 5.41) is 2.08. The molecule has 0 atom stereocenters. The summed E-state index contributed by atoms with van der Waals surface area (Å²) in [5.74, 6) is 2.39. The van der Waals surface area contributed by atoms with Crippen molar-refractivity contribution in [3.8, 4) is 96.0 Å². The molecule has 0 spiro atoms.